The molecule has 0 amide bonds. The van der Waals surface area contributed by atoms with Crippen molar-refractivity contribution >= 4 is 11.8 Å². The molecule has 0 aliphatic rings. The fourth-order valence-electron chi connectivity index (χ4n) is 1.24. The number of rotatable bonds is 4. The van der Waals surface area contributed by atoms with Gasteiger partial charge in [0, 0.05) is 17.5 Å². The zero-order chi connectivity index (χ0) is 10.6. The molecule has 0 heterocycles. The fourth-order valence-corrected chi connectivity index (χ4v) is 1.90. The Morgan fingerprint density at radius 3 is 2.71 bits per heavy atom. The summed E-state index contributed by atoms with van der Waals surface area (Å²) in [5.74, 6) is -0.124. The predicted octanol–water partition coefficient (Wildman–Crippen LogP) is 3.05. The molecule has 0 bridgehead atoms. The van der Waals surface area contributed by atoms with Gasteiger partial charge in [0.1, 0.15) is 5.82 Å². The van der Waals surface area contributed by atoms with E-state index in [2.05, 4.69) is 19.2 Å². The number of hydrogen-bond donors (Lipinski definition) is 1. The molecule has 0 unspecified atom stereocenters. The van der Waals surface area contributed by atoms with Crippen molar-refractivity contribution in [1.29, 1.82) is 0 Å². The van der Waals surface area contributed by atoms with Crippen LogP contribution in [-0.2, 0) is 6.54 Å². The van der Waals surface area contributed by atoms with Gasteiger partial charge in [-0.3, -0.25) is 0 Å². The first-order chi connectivity index (χ1) is 6.65. The number of thioether (sulfide) groups is 1. The summed E-state index contributed by atoms with van der Waals surface area (Å²) >= 11 is 1.46. The van der Waals surface area contributed by atoms with Crippen LogP contribution in [-0.4, -0.2) is 12.3 Å². The van der Waals surface area contributed by atoms with Gasteiger partial charge in [0.15, 0.2) is 0 Å². The van der Waals surface area contributed by atoms with Crippen molar-refractivity contribution in [3.8, 4) is 0 Å². The van der Waals surface area contributed by atoms with Gasteiger partial charge >= 0.3 is 0 Å². The summed E-state index contributed by atoms with van der Waals surface area (Å²) < 4.78 is 13.3. The van der Waals surface area contributed by atoms with Crippen LogP contribution in [0, 0.1) is 5.82 Å². The van der Waals surface area contributed by atoms with Crippen molar-refractivity contribution in [2.45, 2.75) is 31.3 Å². The third-order valence-corrected chi connectivity index (χ3v) is 2.82. The molecule has 1 nitrogen and oxygen atoms in total. The minimum absolute atomic E-state index is 0.124. The van der Waals surface area contributed by atoms with E-state index in [0.717, 1.165) is 17.0 Å². The Bertz CT molecular complexity index is 299. The lowest BCUT2D eigenvalue weighted by atomic mass is 10.2. The van der Waals surface area contributed by atoms with Crippen LogP contribution in [0.25, 0.3) is 0 Å². The summed E-state index contributed by atoms with van der Waals surface area (Å²) in [6.45, 7) is 4.89. The van der Waals surface area contributed by atoms with E-state index in [4.69, 9.17) is 0 Å². The molecule has 0 aliphatic carbocycles. The zero-order valence-electron chi connectivity index (χ0n) is 8.80. The lowest BCUT2D eigenvalue weighted by Crippen LogP contribution is -2.22. The molecular weight excluding hydrogens is 197 g/mol. The highest BCUT2D eigenvalue weighted by Gasteiger charge is 2.06. The SMILES string of the molecule is CSc1c(F)cccc1CNC(C)C. The summed E-state index contributed by atoms with van der Waals surface area (Å²) in [6.07, 6.45) is 1.90. The Balaban J connectivity index is 2.80. The van der Waals surface area contributed by atoms with E-state index in [1.54, 1.807) is 6.07 Å². The molecule has 3 heteroatoms. The largest absolute Gasteiger partial charge is 0.310 e. The maximum absolute atomic E-state index is 13.3. The maximum Gasteiger partial charge on any atom is 0.137 e. The molecule has 0 saturated heterocycles. The zero-order valence-corrected chi connectivity index (χ0v) is 9.62. The Morgan fingerprint density at radius 1 is 1.43 bits per heavy atom. The van der Waals surface area contributed by atoms with Crippen LogP contribution in [0.15, 0.2) is 23.1 Å². The van der Waals surface area contributed by atoms with E-state index in [1.165, 1.54) is 17.8 Å². The molecule has 1 aromatic carbocycles. The first kappa shape index (κ1) is 11.5. The van der Waals surface area contributed by atoms with Crippen LogP contribution in [0.2, 0.25) is 0 Å². The van der Waals surface area contributed by atoms with Gasteiger partial charge in [-0.1, -0.05) is 26.0 Å². The van der Waals surface area contributed by atoms with Gasteiger partial charge in [-0.05, 0) is 17.9 Å². The highest BCUT2D eigenvalue weighted by atomic mass is 32.2. The van der Waals surface area contributed by atoms with Gasteiger partial charge in [-0.25, -0.2) is 4.39 Å². The van der Waals surface area contributed by atoms with E-state index in [1.807, 2.05) is 12.3 Å². The summed E-state index contributed by atoms with van der Waals surface area (Å²) in [6, 6.07) is 5.65. The molecule has 0 aliphatic heterocycles. The molecule has 78 valence electrons. The van der Waals surface area contributed by atoms with Crippen molar-refractivity contribution in [2.24, 2.45) is 0 Å². The lowest BCUT2D eigenvalue weighted by Gasteiger charge is -2.11. The van der Waals surface area contributed by atoms with Crippen molar-refractivity contribution in [3.05, 3.63) is 29.6 Å². The van der Waals surface area contributed by atoms with Crippen LogP contribution in [0.1, 0.15) is 19.4 Å². The molecule has 0 saturated carbocycles. The van der Waals surface area contributed by atoms with Gasteiger partial charge in [0.2, 0.25) is 0 Å². The van der Waals surface area contributed by atoms with E-state index in [0.29, 0.717) is 6.04 Å². The third kappa shape index (κ3) is 3.00. The second-order valence-electron chi connectivity index (χ2n) is 3.47. The molecule has 0 atom stereocenters. The summed E-state index contributed by atoms with van der Waals surface area (Å²) in [5, 5.41) is 3.28. The molecule has 0 fully saturated rings. The number of benzene rings is 1. The second-order valence-corrected chi connectivity index (χ2v) is 4.28. The lowest BCUT2D eigenvalue weighted by molar-refractivity contribution is 0.564. The molecule has 0 radical (unpaired) electrons. The molecule has 1 rings (SSSR count). The van der Waals surface area contributed by atoms with Crippen LogP contribution in [0.3, 0.4) is 0 Å². The first-order valence-corrected chi connectivity index (χ1v) is 5.92. The highest BCUT2D eigenvalue weighted by molar-refractivity contribution is 7.98. The van der Waals surface area contributed by atoms with E-state index >= 15 is 0 Å². The average molecular weight is 213 g/mol. The Morgan fingerprint density at radius 2 is 2.14 bits per heavy atom. The van der Waals surface area contributed by atoms with Gasteiger partial charge in [-0.15, -0.1) is 11.8 Å². The highest BCUT2D eigenvalue weighted by Crippen LogP contribution is 2.23. The van der Waals surface area contributed by atoms with E-state index in [-0.39, 0.29) is 5.82 Å². The molecule has 1 aromatic rings. The quantitative estimate of drug-likeness (QED) is 0.771. The Hall–Kier alpha value is -0.540. The van der Waals surface area contributed by atoms with Crippen LogP contribution in [0.4, 0.5) is 4.39 Å². The van der Waals surface area contributed by atoms with E-state index in [9.17, 15) is 4.39 Å². The summed E-state index contributed by atoms with van der Waals surface area (Å²) in [4.78, 5) is 0.751. The Labute approximate surface area is 89.1 Å². The van der Waals surface area contributed by atoms with Crippen molar-refractivity contribution in [2.75, 3.05) is 6.26 Å². The van der Waals surface area contributed by atoms with Gasteiger partial charge in [0.05, 0.1) is 0 Å². The molecule has 1 N–H and O–H groups in total. The monoisotopic (exact) mass is 213 g/mol. The summed E-state index contributed by atoms with van der Waals surface area (Å²) in [5.41, 5.74) is 1.03. The third-order valence-electron chi connectivity index (χ3n) is 1.95. The van der Waals surface area contributed by atoms with Gasteiger partial charge in [-0.2, -0.15) is 0 Å². The second kappa shape index (κ2) is 5.37. The molecule has 0 aromatic heterocycles. The smallest absolute Gasteiger partial charge is 0.137 e. The van der Waals surface area contributed by atoms with Crippen LogP contribution < -0.4 is 5.32 Å². The molecule has 0 spiro atoms. The number of halogens is 1. The minimum Gasteiger partial charge on any atom is -0.310 e. The average Bonchev–Trinajstić information content (AvgIpc) is 2.14. The van der Waals surface area contributed by atoms with E-state index < -0.39 is 0 Å². The Kier molecular flexibility index (Phi) is 4.42. The molecular formula is C11H16FNS. The van der Waals surface area contributed by atoms with Crippen LogP contribution in [0.5, 0.6) is 0 Å². The van der Waals surface area contributed by atoms with Crippen molar-refractivity contribution < 1.29 is 4.39 Å². The van der Waals surface area contributed by atoms with Gasteiger partial charge in [0.25, 0.3) is 0 Å². The predicted molar refractivity (Wildman–Crippen MR) is 60.2 cm³/mol. The number of nitrogens with one attached hydrogen (secondary N) is 1. The standard InChI is InChI=1S/C11H16FNS/c1-8(2)13-7-9-5-4-6-10(12)11(9)14-3/h4-6,8,13H,7H2,1-3H3. The summed E-state index contributed by atoms with van der Waals surface area (Å²) in [7, 11) is 0. The van der Waals surface area contributed by atoms with Crippen molar-refractivity contribution in [3.63, 3.8) is 0 Å². The number of hydrogen-bond acceptors (Lipinski definition) is 2. The fraction of sp³-hybridized carbons (Fsp3) is 0.455. The normalized spacial score (nSPS) is 10.9. The van der Waals surface area contributed by atoms with Crippen molar-refractivity contribution in [1.82, 2.24) is 5.32 Å². The van der Waals surface area contributed by atoms with Gasteiger partial charge < -0.3 is 5.32 Å². The maximum atomic E-state index is 13.3. The van der Waals surface area contributed by atoms with Crippen LogP contribution >= 0.6 is 11.8 Å². The topological polar surface area (TPSA) is 12.0 Å². The molecule has 14 heavy (non-hydrogen) atoms. The minimum atomic E-state index is -0.124. The first-order valence-electron chi connectivity index (χ1n) is 4.70.